The molecule has 2 aromatic rings. The summed E-state index contributed by atoms with van der Waals surface area (Å²) >= 11 is 1.11. The molecule has 6 rings (SSSR count). The summed E-state index contributed by atoms with van der Waals surface area (Å²) in [6, 6.07) is 9.50. The van der Waals surface area contributed by atoms with Gasteiger partial charge in [-0.05, 0) is 54.0 Å². The number of anilines is 1. The van der Waals surface area contributed by atoms with Crippen molar-refractivity contribution in [2.45, 2.75) is 43.2 Å². The van der Waals surface area contributed by atoms with E-state index >= 15 is 0 Å². The van der Waals surface area contributed by atoms with Gasteiger partial charge in [0, 0.05) is 24.8 Å². The zero-order valence-electron chi connectivity index (χ0n) is 20.1. The number of amidine groups is 1. The van der Waals surface area contributed by atoms with Crippen molar-refractivity contribution < 1.29 is 26.7 Å². The molecule has 2 fully saturated rings. The Labute approximate surface area is 219 Å². The molecule has 0 saturated heterocycles. The van der Waals surface area contributed by atoms with E-state index in [1.165, 1.54) is 0 Å². The quantitative estimate of drug-likeness (QED) is 0.554. The van der Waals surface area contributed by atoms with Crippen molar-refractivity contribution in [1.82, 2.24) is 4.90 Å². The number of fused-ring (bicyclic) bond motifs is 6. The second-order valence-corrected chi connectivity index (χ2v) is 15.0. The number of hydrogen-bond acceptors (Lipinski definition) is 8. The van der Waals surface area contributed by atoms with Gasteiger partial charge in [-0.2, -0.15) is 8.42 Å². The van der Waals surface area contributed by atoms with E-state index in [9.17, 15) is 26.7 Å². The number of carbonyl (C=O) groups excluding carboxylic acids is 1. The monoisotopic (exact) mass is 561 g/mol. The highest BCUT2D eigenvalue weighted by Crippen LogP contribution is 2.55. The van der Waals surface area contributed by atoms with Gasteiger partial charge in [0.25, 0.3) is 15.9 Å². The van der Waals surface area contributed by atoms with Gasteiger partial charge in [-0.1, -0.05) is 30.3 Å². The van der Waals surface area contributed by atoms with E-state index in [0.717, 1.165) is 42.4 Å². The topological polar surface area (TPSA) is 133 Å². The fourth-order valence-electron chi connectivity index (χ4n) is 6.45. The zero-order chi connectivity index (χ0) is 26.1. The highest BCUT2D eigenvalue weighted by Gasteiger charge is 2.57. The highest BCUT2D eigenvalue weighted by atomic mass is 32.2. The Bertz CT molecular complexity index is 1560. The van der Waals surface area contributed by atoms with Gasteiger partial charge in [0.1, 0.15) is 31.1 Å². The number of amides is 1. The minimum Gasteiger partial charge on any atom is -0.511 e. The number of benzene rings is 1. The molecule has 2 aliphatic carbocycles. The molecule has 4 aliphatic rings. The van der Waals surface area contributed by atoms with Crippen LogP contribution in [0.25, 0.3) is 0 Å². The Hall–Kier alpha value is -2.70. The van der Waals surface area contributed by atoms with Crippen LogP contribution in [-0.4, -0.2) is 56.6 Å². The molecule has 2 aliphatic heterocycles. The molecule has 4 unspecified atom stereocenters. The number of nitrogens with zero attached hydrogens (tertiary/aromatic N) is 2. The van der Waals surface area contributed by atoms with Gasteiger partial charge in [-0.15, -0.1) is 15.7 Å². The fraction of sp³-hybridized carbons (Fsp3) is 0.440. The van der Waals surface area contributed by atoms with Crippen LogP contribution in [0.1, 0.15) is 30.4 Å². The molecule has 3 heterocycles. The number of sulfone groups is 1. The molecule has 9 nitrogen and oxygen atoms in total. The van der Waals surface area contributed by atoms with Crippen LogP contribution >= 0.6 is 11.3 Å². The maximum Gasteiger partial charge on any atom is 0.287 e. The molecule has 12 heteroatoms. The Morgan fingerprint density at radius 2 is 1.92 bits per heavy atom. The van der Waals surface area contributed by atoms with Crippen molar-refractivity contribution in [3.8, 4) is 0 Å². The van der Waals surface area contributed by atoms with E-state index in [2.05, 4.69) is 9.71 Å². The van der Waals surface area contributed by atoms with E-state index in [1.807, 2.05) is 30.3 Å². The van der Waals surface area contributed by atoms with Crippen LogP contribution in [0.4, 0.5) is 5.00 Å². The molecule has 2 bridgehead atoms. The Morgan fingerprint density at radius 1 is 1.19 bits per heavy atom. The molecule has 1 aromatic heterocycles. The van der Waals surface area contributed by atoms with Crippen molar-refractivity contribution in [2.75, 3.05) is 17.3 Å². The van der Waals surface area contributed by atoms with E-state index in [4.69, 9.17) is 0 Å². The van der Waals surface area contributed by atoms with Gasteiger partial charge >= 0.3 is 0 Å². The Kier molecular flexibility index (Phi) is 5.77. The molecule has 1 amide bonds. The van der Waals surface area contributed by atoms with Crippen molar-refractivity contribution >= 4 is 47.9 Å². The van der Waals surface area contributed by atoms with Gasteiger partial charge in [0.05, 0.1) is 5.75 Å². The smallest absolute Gasteiger partial charge is 0.287 e. The van der Waals surface area contributed by atoms with Gasteiger partial charge in [0.15, 0.2) is 5.84 Å². The molecule has 196 valence electrons. The van der Waals surface area contributed by atoms with Crippen molar-refractivity contribution in [2.24, 2.45) is 22.2 Å². The van der Waals surface area contributed by atoms with Crippen molar-refractivity contribution in [3.63, 3.8) is 0 Å². The number of carbonyl (C=O) groups is 1. The number of aliphatic hydroxyl groups is 1. The molecule has 2 saturated carbocycles. The number of hydrogen-bond donors (Lipinski definition) is 2. The van der Waals surface area contributed by atoms with Crippen LogP contribution in [0.5, 0.6) is 0 Å². The van der Waals surface area contributed by atoms with Crippen LogP contribution < -0.4 is 5.32 Å². The number of aryl methyl sites for hydroxylation is 1. The molecule has 4 atom stereocenters. The lowest BCUT2D eigenvalue weighted by Crippen LogP contribution is -2.53. The van der Waals surface area contributed by atoms with Crippen molar-refractivity contribution in [3.05, 3.63) is 58.2 Å². The van der Waals surface area contributed by atoms with E-state index in [0.29, 0.717) is 18.0 Å². The lowest BCUT2D eigenvalue weighted by Gasteiger charge is -2.44. The molecule has 0 radical (unpaired) electrons. The maximum absolute atomic E-state index is 13.9. The first-order valence-corrected chi connectivity index (χ1v) is 16.6. The van der Waals surface area contributed by atoms with Gasteiger partial charge in [-0.3, -0.25) is 4.79 Å². The third kappa shape index (κ3) is 4.18. The first-order chi connectivity index (χ1) is 17.5. The van der Waals surface area contributed by atoms with Gasteiger partial charge in [-0.25, -0.2) is 8.42 Å². The van der Waals surface area contributed by atoms with Gasteiger partial charge in [0.2, 0.25) is 0 Å². The van der Waals surface area contributed by atoms with Crippen LogP contribution in [-0.2, 0) is 37.6 Å². The molecule has 2 N–H and O–H groups in total. The van der Waals surface area contributed by atoms with E-state index in [1.54, 1.807) is 10.3 Å². The predicted molar refractivity (Wildman–Crippen MR) is 141 cm³/mol. The van der Waals surface area contributed by atoms with Crippen LogP contribution in [0.2, 0.25) is 0 Å². The number of sulfonamides is 1. The molecular formula is C25H27N3O6S3. The SMILES string of the molecule is CS(=O)(=O)CCc1csc2c1S(=O)(=O)N=C(C1=C(O)C3C4CCC(C4)C3N(Cc3ccccc3)C1=O)N2. The largest absolute Gasteiger partial charge is 0.511 e. The number of nitrogens with one attached hydrogen (secondary N) is 1. The second-order valence-electron chi connectivity index (χ2n) is 10.4. The second kappa shape index (κ2) is 8.67. The van der Waals surface area contributed by atoms with Crippen molar-refractivity contribution in [1.29, 1.82) is 0 Å². The van der Waals surface area contributed by atoms with Gasteiger partial charge < -0.3 is 15.3 Å². The summed E-state index contributed by atoms with van der Waals surface area (Å²) in [6.07, 6.45) is 4.05. The number of rotatable bonds is 6. The average molecular weight is 562 g/mol. The average Bonchev–Trinajstić information content (AvgIpc) is 3.55. The summed E-state index contributed by atoms with van der Waals surface area (Å²) < 4.78 is 53.7. The first-order valence-electron chi connectivity index (χ1n) is 12.2. The summed E-state index contributed by atoms with van der Waals surface area (Å²) in [7, 11) is -7.51. The molecular weight excluding hydrogens is 534 g/mol. The Morgan fingerprint density at radius 3 is 2.65 bits per heavy atom. The van der Waals surface area contributed by atoms with Crippen LogP contribution in [0.3, 0.4) is 0 Å². The third-order valence-electron chi connectivity index (χ3n) is 7.97. The first kappa shape index (κ1) is 24.6. The van der Waals surface area contributed by atoms with Crippen LogP contribution in [0.15, 0.2) is 56.3 Å². The molecule has 0 spiro atoms. The van der Waals surface area contributed by atoms with Crippen LogP contribution in [0, 0.1) is 17.8 Å². The normalized spacial score (nSPS) is 28.1. The lowest BCUT2D eigenvalue weighted by molar-refractivity contribution is -0.134. The summed E-state index contributed by atoms with van der Waals surface area (Å²) in [5.74, 6) is -0.593. The summed E-state index contributed by atoms with van der Waals surface area (Å²) in [5.41, 5.74) is 1.23. The molecule has 1 aromatic carbocycles. The molecule has 37 heavy (non-hydrogen) atoms. The van der Waals surface area contributed by atoms with E-state index < -0.39 is 25.8 Å². The summed E-state index contributed by atoms with van der Waals surface area (Å²) in [4.78, 5) is 15.7. The lowest BCUT2D eigenvalue weighted by atomic mass is 9.77. The number of thiophene rings is 1. The Balaban J connectivity index is 1.39. The predicted octanol–water partition coefficient (Wildman–Crippen LogP) is 3.12. The third-order valence-corrected chi connectivity index (χ3v) is 11.4. The zero-order valence-corrected chi connectivity index (χ0v) is 22.6. The van der Waals surface area contributed by atoms with E-state index in [-0.39, 0.29) is 57.1 Å². The fourth-order valence-corrected chi connectivity index (χ4v) is 9.72. The summed E-state index contributed by atoms with van der Waals surface area (Å²) in [5, 5.41) is 16.3. The minimum absolute atomic E-state index is 0.0426. The standard InChI is InChI=1S/C25H27N3O6S3/c1-36(31,32)10-9-17-13-35-24-22(17)37(33,34)27-23(26-24)19-21(29)18-15-7-8-16(11-15)20(18)28(25(19)30)12-14-5-3-2-4-6-14/h2-6,13,15-16,18,20,29H,7-12H2,1H3,(H,26,27). The minimum atomic E-state index is -4.23. The number of aliphatic hydroxyl groups excluding tert-OH is 1. The maximum atomic E-state index is 13.9. The summed E-state index contributed by atoms with van der Waals surface area (Å²) in [6.45, 7) is 0.362. The highest BCUT2D eigenvalue weighted by molar-refractivity contribution is 7.91.